The second-order valence-electron chi connectivity index (χ2n) is 3.65. The first-order chi connectivity index (χ1) is 7.27. The molecular formula is C10H14ClN3O. The lowest BCUT2D eigenvalue weighted by Gasteiger charge is -2.31. The minimum Gasteiger partial charge on any atom is -0.381 e. The fourth-order valence-corrected chi connectivity index (χ4v) is 1.90. The van der Waals surface area contributed by atoms with Crippen molar-refractivity contribution in [2.45, 2.75) is 18.9 Å². The summed E-state index contributed by atoms with van der Waals surface area (Å²) in [6, 6.07) is 0.478. The van der Waals surface area contributed by atoms with Gasteiger partial charge in [0.25, 0.3) is 0 Å². The highest BCUT2D eigenvalue weighted by molar-refractivity contribution is 6.29. The first kappa shape index (κ1) is 10.6. The molecule has 1 saturated heterocycles. The molecule has 1 aromatic heterocycles. The number of halogens is 1. The number of hydrogen-bond donors (Lipinski definition) is 0. The van der Waals surface area contributed by atoms with Crippen LogP contribution in [-0.2, 0) is 4.74 Å². The Kier molecular flexibility index (Phi) is 3.38. The van der Waals surface area contributed by atoms with Gasteiger partial charge in [0.1, 0.15) is 11.0 Å². The zero-order valence-corrected chi connectivity index (χ0v) is 9.44. The first-order valence-electron chi connectivity index (χ1n) is 5.05. The summed E-state index contributed by atoms with van der Waals surface area (Å²) in [4.78, 5) is 10.4. The predicted molar refractivity (Wildman–Crippen MR) is 59.3 cm³/mol. The van der Waals surface area contributed by atoms with Gasteiger partial charge in [-0.05, 0) is 12.8 Å². The van der Waals surface area contributed by atoms with Crippen LogP contribution in [0.5, 0.6) is 0 Å². The van der Waals surface area contributed by atoms with Crippen molar-refractivity contribution >= 4 is 17.4 Å². The molecule has 0 atom stereocenters. The minimum absolute atomic E-state index is 0.436. The molecule has 0 aromatic carbocycles. The van der Waals surface area contributed by atoms with Gasteiger partial charge in [0.05, 0.1) is 12.4 Å². The average molecular weight is 228 g/mol. The third-order valence-corrected chi connectivity index (χ3v) is 2.87. The number of anilines is 1. The van der Waals surface area contributed by atoms with Gasteiger partial charge in [-0.3, -0.25) is 4.98 Å². The van der Waals surface area contributed by atoms with Gasteiger partial charge in [0.2, 0.25) is 0 Å². The summed E-state index contributed by atoms with van der Waals surface area (Å²) in [5, 5.41) is 0.436. The van der Waals surface area contributed by atoms with E-state index < -0.39 is 0 Å². The Hall–Kier alpha value is -0.870. The fraction of sp³-hybridized carbons (Fsp3) is 0.600. The predicted octanol–water partition coefficient (Wildman–Crippen LogP) is 1.75. The SMILES string of the molecule is CN(c1cncc(Cl)n1)C1CCOCC1. The number of aromatic nitrogens is 2. The molecule has 2 heterocycles. The fourth-order valence-electron chi connectivity index (χ4n) is 1.76. The molecule has 5 heteroatoms. The zero-order chi connectivity index (χ0) is 10.7. The number of ether oxygens (including phenoxy) is 1. The van der Waals surface area contributed by atoms with E-state index in [2.05, 4.69) is 14.9 Å². The van der Waals surface area contributed by atoms with E-state index in [1.807, 2.05) is 7.05 Å². The molecule has 1 aliphatic rings. The van der Waals surface area contributed by atoms with E-state index in [0.29, 0.717) is 11.2 Å². The molecule has 0 radical (unpaired) electrons. The van der Waals surface area contributed by atoms with Crippen molar-refractivity contribution in [3.05, 3.63) is 17.5 Å². The summed E-state index contributed by atoms with van der Waals surface area (Å²) in [5.74, 6) is 0.828. The van der Waals surface area contributed by atoms with Crippen molar-refractivity contribution in [1.29, 1.82) is 0 Å². The lowest BCUT2D eigenvalue weighted by molar-refractivity contribution is 0.0853. The molecule has 4 nitrogen and oxygen atoms in total. The molecule has 0 spiro atoms. The van der Waals surface area contributed by atoms with E-state index in [1.54, 1.807) is 12.4 Å². The molecule has 1 aliphatic heterocycles. The van der Waals surface area contributed by atoms with Crippen LogP contribution in [0.25, 0.3) is 0 Å². The average Bonchev–Trinajstić information content (AvgIpc) is 2.29. The van der Waals surface area contributed by atoms with E-state index in [0.717, 1.165) is 31.9 Å². The minimum atomic E-state index is 0.436. The van der Waals surface area contributed by atoms with Crippen LogP contribution >= 0.6 is 11.6 Å². The third kappa shape index (κ3) is 2.58. The van der Waals surface area contributed by atoms with E-state index >= 15 is 0 Å². The van der Waals surface area contributed by atoms with Gasteiger partial charge >= 0.3 is 0 Å². The first-order valence-corrected chi connectivity index (χ1v) is 5.43. The molecule has 0 amide bonds. The molecular weight excluding hydrogens is 214 g/mol. The van der Waals surface area contributed by atoms with Crippen LogP contribution < -0.4 is 4.90 Å². The largest absolute Gasteiger partial charge is 0.381 e. The van der Waals surface area contributed by atoms with Crippen molar-refractivity contribution < 1.29 is 4.74 Å². The Morgan fingerprint density at radius 2 is 2.13 bits per heavy atom. The zero-order valence-electron chi connectivity index (χ0n) is 8.69. The molecule has 0 aliphatic carbocycles. The molecule has 0 bridgehead atoms. The molecule has 1 fully saturated rings. The monoisotopic (exact) mass is 227 g/mol. The molecule has 15 heavy (non-hydrogen) atoms. The van der Waals surface area contributed by atoms with Crippen molar-refractivity contribution in [2.24, 2.45) is 0 Å². The van der Waals surface area contributed by atoms with Gasteiger partial charge in [0, 0.05) is 26.3 Å². The summed E-state index contributed by atoms with van der Waals surface area (Å²) < 4.78 is 5.32. The van der Waals surface area contributed by atoms with Crippen molar-refractivity contribution in [3.8, 4) is 0 Å². The lowest BCUT2D eigenvalue weighted by atomic mass is 10.1. The highest BCUT2D eigenvalue weighted by atomic mass is 35.5. The third-order valence-electron chi connectivity index (χ3n) is 2.69. The summed E-state index contributed by atoms with van der Waals surface area (Å²) in [7, 11) is 2.02. The van der Waals surface area contributed by atoms with Gasteiger partial charge in [-0.15, -0.1) is 0 Å². The number of hydrogen-bond acceptors (Lipinski definition) is 4. The molecule has 0 unspecified atom stereocenters. The molecule has 2 rings (SSSR count). The normalized spacial score (nSPS) is 17.7. The van der Waals surface area contributed by atoms with Gasteiger partial charge in [0.15, 0.2) is 0 Å². The second-order valence-corrected chi connectivity index (χ2v) is 4.04. The maximum atomic E-state index is 5.80. The highest BCUT2D eigenvalue weighted by Gasteiger charge is 2.19. The van der Waals surface area contributed by atoms with Crippen molar-refractivity contribution in [3.63, 3.8) is 0 Å². The van der Waals surface area contributed by atoms with Crippen LogP contribution in [0.1, 0.15) is 12.8 Å². The Morgan fingerprint density at radius 1 is 1.40 bits per heavy atom. The van der Waals surface area contributed by atoms with Crippen LogP contribution in [0, 0.1) is 0 Å². The van der Waals surface area contributed by atoms with E-state index in [1.165, 1.54) is 0 Å². The van der Waals surface area contributed by atoms with Crippen molar-refractivity contribution in [2.75, 3.05) is 25.2 Å². The van der Waals surface area contributed by atoms with E-state index in [4.69, 9.17) is 16.3 Å². The summed E-state index contributed by atoms with van der Waals surface area (Å²) in [6.07, 6.45) is 5.35. The lowest BCUT2D eigenvalue weighted by Crippen LogP contribution is -2.37. The molecule has 82 valence electrons. The number of nitrogens with zero attached hydrogens (tertiary/aromatic N) is 3. The Balaban J connectivity index is 2.08. The van der Waals surface area contributed by atoms with Crippen LogP contribution in [-0.4, -0.2) is 36.3 Å². The van der Waals surface area contributed by atoms with Crippen molar-refractivity contribution in [1.82, 2.24) is 9.97 Å². The van der Waals surface area contributed by atoms with Gasteiger partial charge in [-0.2, -0.15) is 0 Å². The molecule has 0 N–H and O–H groups in total. The summed E-state index contributed by atoms with van der Waals surface area (Å²) in [5.41, 5.74) is 0. The van der Waals surface area contributed by atoms with Gasteiger partial charge in [-0.25, -0.2) is 4.98 Å². The van der Waals surface area contributed by atoms with E-state index in [9.17, 15) is 0 Å². The van der Waals surface area contributed by atoms with Gasteiger partial charge < -0.3 is 9.64 Å². The number of rotatable bonds is 2. The standard InChI is InChI=1S/C10H14ClN3O/c1-14(8-2-4-15-5-3-8)10-7-12-6-9(11)13-10/h6-8H,2-5H2,1H3. The topological polar surface area (TPSA) is 38.2 Å². The highest BCUT2D eigenvalue weighted by Crippen LogP contribution is 2.19. The Bertz CT molecular complexity index is 328. The smallest absolute Gasteiger partial charge is 0.149 e. The second kappa shape index (κ2) is 4.77. The Labute approximate surface area is 94.2 Å². The van der Waals surface area contributed by atoms with Crippen LogP contribution in [0.15, 0.2) is 12.4 Å². The molecule has 0 saturated carbocycles. The van der Waals surface area contributed by atoms with Gasteiger partial charge in [-0.1, -0.05) is 11.6 Å². The maximum Gasteiger partial charge on any atom is 0.149 e. The molecule has 1 aromatic rings. The van der Waals surface area contributed by atoms with Crippen LogP contribution in [0.2, 0.25) is 5.15 Å². The van der Waals surface area contributed by atoms with E-state index in [-0.39, 0.29) is 0 Å². The Morgan fingerprint density at radius 3 is 2.80 bits per heavy atom. The quantitative estimate of drug-likeness (QED) is 0.772. The summed E-state index contributed by atoms with van der Waals surface area (Å²) >= 11 is 5.80. The summed E-state index contributed by atoms with van der Waals surface area (Å²) in [6.45, 7) is 1.64. The van der Waals surface area contributed by atoms with Crippen LogP contribution in [0.4, 0.5) is 5.82 Å². The maximum absolute atomic E-state index is 5.80. The van der Waals surface area contributed by atoms with Crippen LogP contribution in [0.3, 0.4) is 0 Å².